The van der Waals surface area contributed by atoms with E-state index in [0.717, 1.165) is 17.9 Å². The highest BCUT2D eigenvalue weighted by Gasteiger charge is 2.10. The number of ether oxygens (including phenoxy) is 1. The summed E-state index contributed by atoms with van der Waals surface area (Å²) >= 11 is 0. The predicted octanol–water partition coefficient (Wildman–Crippen LogP) is 6.25. The van der Waals surface area contributed by atoms with E-state index in [0.29, 0.717) is 5.92 Å². The van der Waals surface area contributed by atoms with Gasteiger partial charge in [0.2, 0.25) is 0 Å². The first-order valence-corrected chi connectivity index (χ1v) is 9.40. The van der Waals surface area contributed by atoms with E-state index in [1.54, 1.807) is 7.11 Å². The Morgan fingerprint density at radius 2 is 1.54 bits per heavy atom. The van der Waals surface area contributed by atoms with Gasteiger partial charge in [-0.05, 0) is 53.3 Å². The molecule has 1 heterocycles. The normalized spacial score (nSPS) is 12.0. The Morgan fingerprint density at radius 1 is 0.885 bits per heavy atom. The molecule has 1 unspecified atom stereocenters. The number of aryl methyl sites for hydroxylation is 1. The van der Waals surface area contributed by atoms with Crippen molar-refractivity contribution in [3.05, 3.63) is 83.7 Å². The fraction of sp³-hybridized carbons (Fsp3) is 0.292. The van der Waals surface area contributed by atoms with Crippen LogP contribution in [0, 0.1) is 0 Å². The maximum absolute atomic E-state index is 5.23. The van der Waals surface area contributed by atoms with Crippen LogP contribution in [0.3, 0.4) is 0 Å². The van der Waals surface area contributed by atoms with Crippen molar-refractivity contribution in [2.24, 2.45) is 0 Å². The zero-order valence-electron chi connectivity index (χ0n) is 15.9. The van der Waals surface area contributed by atoms with E-state index in [-0.39, 0.29) is 0 Å². The summed E-state index contributed by atoms with van der Waals surface area (Å²) in [5, 5.41) is 0. The molecule has 2 aromatic carbocycles. The summed E-state index contributed by atoms with van der Waals surface area (Å²) < 4.78 is 5.23. The highest BCUT2D eigenvalue weighted by atomic mass is 16.5. The molecular weight excluding hydrogens is 318 g/mol. The van der Waals surface area contributed by atoms with Crippen molar-refractivity contribution in [2.75, 3.05) is 7.11 Å². The molecule has 0 aliphatic heterocycles. The molecule has 0 spiro atoms. The van der Waals surface area contributed by atoms with Gasteiger partial charge in [-0.1, -0.05) is 62.7 Å². The summed E-state index contributed by atoms with van der Waals surface area (Å²) in [6.45, 7) is 4.44. The lowest BCUT2D eigenvalue weighted by atomic mass is 9.94. The van der Waals surface area contributed by atoms with Crippen molar-refractivity contribution in [2.45, 2.75) is 39.0 Å². The van der Waals surface area contributed by atoms with Gasteiger partial charge in [0.05, 0.1) is 7.11 Å². The Hall–Kier alpha value is -2.61. The molecule has 0 radical (unpaired) electrons. The Bertz CT molecular complexity index is 804. The number of aromatic nitrogens is 1. The van der Waals surface area contributed by atoms with Crippen LogP contribution in [0.1, 0.15) is 49.4 Å². The zero-order chi connectivity index (χ0) is 18.4. The molecule has 3 rings (SSSR count). The van der Waals surface area contributed by atoms with Crippen molar-refractivity contribution in [3.8, 4) is 16.9 Å². The molecule has 0 amide bonds. The number of nitrogens with zero attached hydrogens (tertiary/aromatic N) is 1. The molecule has 0 aliphatic rings. The third-order valence-corrected chi connectivity index (χ3v) is 4.94. The van der Waals surface area contributed by atoms with E-state index < -0.39 is 0 Å². The van der Waals surface area contributed by atoms with Gasteiger partial charge >= 0.3 is 0 Å². The molecule has 0 fully saturated rings. The highest BCUT2D eigenvalue weighted by molar-refractivity contribution is 5.64. The molecule has 2 nitrogen and oxygen atoms in total. The molecule has 0 saturated carbocycles. The largest absolute Gasteiger partial charge is 0.497 e. The summed E-state index contributed by atoms with van der Waals surface area (Å²) in [5.41, 5.74) is 6.16. The van der Waals surface area contributed by atoms with Gasteiger partial charge in [-0.25, -0.2) is 0 Å². The number of methoxy groups -OCH3 is 1. The molecule has 0 N–H and O–H groups in total. The monoisotopic (exact) mass is 345 g/mol. The zero-order valence-corrected chi connectivity index (χ0v) is 15.9. The van der Waals surface area contributed by atoms with Crippen LogP contribution in [0.4, 0.5) is 0 Å². The summed E-state index contributed by atoms with van der Waals surface area (Å²) in [4.78, 5) is 4.69. The minimum Gasteiger partial charge on any atom is -0.497 e. The van der Waals surface area contributed by atoms with Gasteiger partial charge in [0, 0.05) is 17.8 Å². The topological polar surface area (TPSA) is 22.1 Å². The van der Waals surface area contributed by atoms with Gasteiger partial charge in [0.25, 0.3) is 0 Å². The fourth-order valence-electron chi connectivity index (χ4n) is 3.14. The van der Waals surface area contributed by atoms with Crippen LogP contribution in [0.15, 0.2) is 66.9 Å². The summed E-state index contributed by atoms with van der Waals surface area (Å²) in [7, 11) is 1.69. The second kappa shape index (κ2) is 8.66. The van der Waals surface area contributed by atoms with Crippen LogP contribution in [0.25, 0.3) is 11.1 Å². The molecule has 134 valence electrons. The van der Waals surface area contributed by atoms with E-state index in [1.165, 1.54) is 35.1 Å². The Balaban J connectivity index is 1.72. The Kier molecular flexibility index (Phi) is 6.06. The fourth-order valence-corrected chi connectivity index (χ4v) is 3.14. The summed E-state index contributed by atoms with van der Waals surface area (Å²) in [6, 6.07) is 21.3. The average Bonchev–Trinajstić information content (AvgIpc) is 2.72. The smallest absolute Gasteiger partial charge is 0.118 e. The molecule has 0 bridgehead atoms. The number of unbranched alkanes of at least 4 members (excludes halogenated alkanes) is 1. The molecule has 1 atom stereocenters. The second-order valence-electron chi connectivity index (χ2n) is 6.77. The SMILES string of the molecule is CCCCc1ccc(C(C)c2ccc(-c3ccc(OC)cc3)cc2)nc1. The van der Waals surface area contributed by atoms with Crippen LogP contribution in [0.5, 0.6) is 5.75 Å². The highest BCUT2D eigenvalue weighted by Crippen LogP contribution is 2.27. The van der Waals surface area contributed by atoms with Crippen molar-refractivity contribution in [3.63, 3.8) is 0 Å². The van der Waals surface area contributed by atoms with Crippen molar-refractivity contribution in [1.82, 2.24) is 4.98 Å². The van der Waals surface area contributed by atoms with Crippen LogP contribution in [-0.4, -0.2) is 12.1 Å². The maximum atomic E-state index is 5.23. The van der Waals surface area contributed by atoms with Gasteiger partial charge < -0.3 is 4.74 Å². The number of rotatable bonds is 7. The minimum atomic E-state index is 0.292. The van der Waals surface area contributed by atoms with Gasteiger partial charge in [-0.2, -0.15) is 0 Å². The van der Waals surface area contributed by atoms with Crippen LogP contribution >= 0.6 is 0 Å². The molecule has 26 heavy (non-hydrogen) atoms. The van der Waals surface area contributed by atoms with Crippen molar-refractivity contribution >= 4 is 0 Å². The van der Waals surface area contributed by atoms with Crippen LogP contribution in [0.2, 0.25) is 0 Å². The van der Waals surface area contributed by atoms with Gasteiger partial charge in [-0.15, -0.1) is 0 Å². The Labute approximate surface area is 156 Å². The number of benzene rings is 2. The molecular formula is C24H27NO. The predicted molar refractivity (Wildman–Crippen MR) is 109 cm³/mol. The van der Waals surface area contributed by atoms with Crippen LogP contribution in [-0.2, 0) is 6.42 Å². The van der Waals surface area contributed by atoms with Crippen molar-refractivity contribution < 1.29 is 4.74 Å². The molecule has 3 aromatic rings. The summed E-state index contributed by atoms with van der Waals surface area (Å²) in [5.74, 6) is 1.17. The van der Waals surface area contributed by atoms with E-state index in [1.807, 2.05) is 18.3 Å². The second-order valence-corrected chi connectivity index (χ2v) is 6.77. The number of pyridine rings is 1. The van der Waals surface area contributed by atoms with E-state index in [2.05, 4.69) is 62.4 Å². The molecule has 0 aliphatic carbocycles. The number of hydrogen-bond acceptors (Lipinski definition) is 2. The molecule has 0 saturated heterocycles. The first-order chi connectivity index (χ1) is 12.7. The number of hydrogen-bond donors (Lipinski definition) is 0. The van der Waals surface area contributed by atoms with Gasteiger partial charge in [0.15, 0.2) is 0 Å². The lowest BCUT2D eigenvalue weighted by Gasteiger charge is -2.13. The lowest BCUT2D eigenvalue weighted by molar-refractivity contribution is 0.415. The summed E-state index contributed by atoms with van der Waals surface area (Å²) in [6.07, 6.45) is 5.60. The first-order valence-electron chi connectivity index (χ1n) is 9.40. The average molecular weight is 345 g/mol. The van der Waals surface area contributed by atoms with Crippen LogP contribution < -0.4 is 4.74 Å². The van der Waals surface area contributed by atoms with E-state index in [4.69, 9.17) is 9.72 Å². The van der Waals surface area contributed by atoms with Gasteiger partial charge in [-0.3, -0.25) is 4.98 Å². The van der Waals surface area contributed by atoms with E-state index in [9.17, 15) is 0 Å². The van der Waals surface area contributed by atoms with E-state index >= 15 is 0 Å². The molecule has 1 aromatic heterocycles. The standard InChI is InChI=1S/C24H27NO/c1-4-5-6-19-7-16-24(25-17-19)18(2)20-8-10-21(11-9-20)22-12-14-23(26-3)15-13-22/h7-18H,4-6H2,1-3H3. The Morgan fingerprint density at radius 3 is 2.08 bits per heavy atom. The third kappa shape index (κ3) is 4.32. The third-order valence-electron chi connectivity index (χ3n) is 4.94. The quantitative estimate of drug-likeness (QED) is 0.505. The van der Waals surface area contributed by atoms with Gasteiger partial charge in [0.1, 0.15) is 5.75 Å². The lowest BCUT2D eigenvalue weighted by Crippen LogP contribution is -2.00. The molecule has 2 heteroatoms. The first kappa shape index (κ1) is 18.2. The van der Waals surface area contributed by atoms with Crippen molar-refractivity contribution in [1.29, 1.82) is 0 Å². The maximum Gasteiger partial charge on any atom is 0.118 e. The minimum absolute atomic E-state index is 0.292.